The van der Waals surface area contributed by atoms with E-state index in [-0.39, 0.29) is 39.4 Å². The average Bonchev–Trinajstić information content (AvgIpc) is 3.43. The molecular formula is C25H20ClFN6O4S. The van der Waals surface area contributed by atoms with Crippen LogP contribution < -0.4 is 15.2 Å². The van der Waals surface area contributed by atoms with Crippen LogP contribution in [0.5, 0.6) is 11.6 Å². The quantitative estimate of drug-likeness (QED) is 0.244. The van der Waals surface area contributed by atoms with Gasteiger partial charge in [0.25, 0.3) is 0 Å². The fourth-order valence-corrected chi connectivity index (χ4v) is 4.71. The summed E-state index contributed by atoms with van der Waals surface area (Å²) in [5, 5.41) is 5.05. The van der Waals surface area contributed by atoms with E-state index in [1.54, 1.807) is 37.3 Å². The molecule has 0 aliphatic heterocycles. The van der Waals surface area contributed by atoms with Crippen molar-refractivity contribution in [2.75, 3.05) is 16.7 Å². The number of H-pyrrole nitrogens is 1. The second-order valence-electron chi connectivity index (χ2n) is 8.50. The fourth-order valence-electron chi connectivity index (χ4n) is 3.86. The smallest absolute Gasteiger partial charge is 0.229 e. The van der Waals surface area contributed by atoms with Crippen LogP contribution in [-0.4, -0.2) is 40.2 Å². The SMILES string of the molecule is Cc1cc(Oc2ccccc2F)ncc1-n1ncc(C(=O)c2cc3cc(Cl)c(NS(C)(=O)=O)cc3[nH]2)c1N. The number of fused-ring (bicyclic) bond motifs is 1. The number of aryl methyl sites for hydroxylation is 1. The average molecular weight is 555 g/mol. The molecule has 10 nitrogen and oxygen atoms in total. The predicted molar refractivity (Wildman–Crippen MR) is 142 cm³/mol. The van der Waals surface area contributed by atoms with Gasteiger partial charge in [-0.2, -0.15) is 5.10 Å². The molecule has 0 saturated heterocycles. The molecule has 38 heavy (non-hydrogen) atoms. The molecular weight excluding hydrogens is 535 g/mol. The highest BCUT2D eigenvalue weighted by atomic mass is 35.5. The Bertz CT molecular complexity index is 1830. The van der Waals surface area contributed by atoms with Gasteiger partial charge in [-0.15, -0.1) is 0 Å². The fraction of sp³-hybridized carbons (Fsp3) is 0.0800. The maximum Gasteiger partial charge on any atom is 0.229 e. The number of rotatable bonds is 7. The van der Waals surface area contributed by atoms with Gasteiger partial charge >= 0.3 is 0 Å². The van der Waals surface area contributed by atoms with Crippen molar-refractivity contribution in [2.24, 2.45) is 0 Å². The normalized spacial score (nSPS) is 11.6. The minimum absolute atomic E-state index is 0.0393. The Balaban J connectivity index is 1.43. The molecule has 0 saturated carbocycles. The number of anilines is 2. The lowest BCUT2D eigenvalue weighted by atomic mass is 10.1. The second kappa shape index (κ2) is 9.47. The van der Waals surface area contributed by atoms with Gasteiger partial charge in [0.1, 0.15) is 5.82 Å². The molecule has 3 heterocycles. The number of nitrogens with one attached hydrogen (secondary N) is 2. The third-order valence-corrected chi connectivity index (χ3v) is 6.54. The number of nitrogens with two attached hydrogens (primary N) is 1. The summed E-state index contributed by atoms with van der Waals surface area (Å²) < 4.78 is 46.3. The van der Waals surface area contributed by atoms with Crippen LogP contribution in [0.2, 0.25) is 5.02 Å². The summed E-state index contributed by atoms with van der Waals surface area (Å²) in [6.07, 6.45) is 3.82. The highest BCUT2D eigenvalue weighted by Gasteiger charge is 2.21. The molecule has 0 bridgehead atoms. The van der Waals surface area contributed by atoms with E-state index in [2.05, 4.69) is 19.8 Å². The minimum Gasteiger partial charge on any atom is -0.436 e. The van der Waals surface area contributed by atoms with Crippen LogP contribution in [0.1, 0.15) is 21.6 Å². The van der Waals surface area contributed by atoms with Crippen molar-refractivity contribution in [1.29, 1.82) is 0 Å². The zero-order valence-corrected chi connectivity index (χ0v) is 21.6. The number of benzene rings is 2. The maximum absolute atomic E-state index is 13.9. The van der Waals surface area contributed by atoms with Crippen LogP contribution in [0.4, 0.5) is 15.9 Å². The number of para-hydroxylation sites is 1. The summed E-state index contributed by atoms with van der Waals surface area (Å²) in [6, 6.07) is 12.2. The highest BCUT2D eigenvalue weighted by molar-refractivity contribution is 7.92. The van der Waals surface area contributed by atoms with E-state index in [9.17, 15) is 17.6 Å². The van der Waals surface area contributed by atoms with Gasteiger partial charge in [0, 0.05) is 17.0 Å². The molecule has 3 aromatic heterocycles. The van der Waals surface area contributed by atoms with Crippen LogP contribution in [0.3, 0.4) is 0 Å². The molecule has 0 aliphatic carbocycles. The number of aromatic nitrogens is 4. The number of ketones is 1. The van der Waals surface area contributed by atoms with Crippen LogP contribution in [0, 0.1) is 12.7 Å². The summed E-state index contributed by atoms with van der Waals surface area (Å²) in [5.74, 6) is -0.641. The molecule has 4 N–H and O–H groups in total. The summed E-state index contributed by atoms with van der Waals surface area (Å²) in [5.41, 5.74) is 8.50. The van der Waals surface area contributed by atoms with Crippen molar-refractivity contribution < 1.29 is 22.3 Å². The molecule has 5 aromatic rings. The third kappa shape index (κ3) is 4.91. The van der Waals surface area contributed by atoms with Crippen molar-refractivity contribution in [3.05, 3.63) is 88.6 Å². The zero-order chi connectivity index (χ0) is 27.2. The van der Waals surface area contributed by atoms with Gasteiger partial charge in [-0.05, 0) is 42.8 Å². The maximum atomic E-state index is 13.9. The number of halogens is 2. The number of hydrogen-bond acceptors (Lipinski definition) is 7. The summed E-state index contributed by atoms with van der Waals surface area (Å²) in [7, 11) is -3.55. The summed E-state index contributed by atoms with van der Waals surface area (Å²) >= 11 is 6.20. The molecule has 0 fully saturated rings. The Morgan fingerprint density at radius 3 is 2.66 bits per heavy atom. The summed E-state index contributed by atoms with van der Waals surface area (Å²) in [6.45, 7) is 1.78. The van der Waals surface area contributed by atoms with Gasteiger partial charge in [-0.3, -0.25) is 9.52 Å². The first-order valence-electron chi connectivity index (χ1n) is 11.1. The Hall–Kier alpha value is -4.42. The molecule has 0 amide bonds. The Kier molecular flexibility index (Phi) is 6.29. The van der Waals surface area contributed by atoms with Gasteiger partial charge in [0.05, 0.1) is 46.3 Å². The Morgan fingerprint density at radius 2 is 1.95 bits per heavy atom. The van der Waals surface area contributed by atoms with Crippen molar-refractivity contribution in [3.8, 4) is 17.3 Å². The van der Waals surface area contributed by atoms with Crippen molar-refractivity contribution in [3.63, 3.8) is 0 Å². The van der Waals surface area contributed by atoms with E-state index in [0.29, 0.717) is 22.2 Å². The minimum atomic E-state index is -3.55. The first-order chi connectivity index (χ1) is 18.0. The van der Waals surface area contributed by atoms with E-state index in [0.717, 1.165) is 6.26 Å². The van der Waals surface area contributed by atoms with Gasteiger partial charge in [0.2, 0.25) is 21.7 Å². The lowest BCUT2D eigenvalue weighted by Crippen LogP contribution is -2.09. The number of carbonyl (C=O) groups excluding carboxylic acids is 1. The molecule has 194 valence electrons. The summed E-state index contributed by atoms with van der Waals surface area (Å²) in [4.78, 5) is 20.5. The van der Waals surface area contributed by atoms with Crippen LogP contribution in [0.15, 0.2) is 60.9 Å². The van der Waals surface area contributed by atoms with Crippen molar-refractivity contribution in [1.82, 2.24) is 19.7 Å². The van der Waals surface area contributed by atoms with E-state index < -0.39 is 21.6 Å². The monoisotopic (exact) mass is 554 g/mol. The van der Waals surface area contributed by atoms with Crippen LogP contribution in [0.25, 0.3) is 16.6 Å². The van der Waals surface area contributed by atoms with Crippen molar-refractivity contribution in [2.45, 2.75) is 6.92 Å². The Labute approximate surface area is 221 Å². The first-order valence-corrected chi connectivity index (χ1v) is 13.3. The number of nitrogen functional groups attached to an aromatic ring is 1. The number of sulfonamides is 1. The van der Waals surface area contributed by atoms with Gasteiger partial charge in [-0.25, -0.2) is 22.5 Å². The van der Waals surface area contributed by atoms with E-state index in [1.165, 1.54) is 35.3 Å². The molecule has 0 unspecified atom stereocenters. The first kappa shape index (κ1) is 25.2. The molecule has 0 radical (unpaired) electrons. The number of hydrogen-bond donors (Lipinski definition) is 3. The second-order valence-corrected chi connectivity index (χ2v) is 10.7. The number of pyridine rings is 1. The lowest BCUT2D eigenvalue weighted by Gasteiger charge is -2.11. The molecule has 5 rings (SSSR count). The number of nitrogens with zero attached hydrogens (tertiary/aromatic N) is 3. The largest absolute Gasteiger partial charge is 0.436 e. The third-order valence-electron chi connectivity index (χ3n) is 5.64. The lowest BCUT2D eigenvalue weighted by molar-refractivity contribution is 0.103. The zero-order valence-electron chi connectivity index (χ0n) is 20.0. The molecule has 0 spiro atoms. The van der Waals surface area contributed by atoms with E-state index >= 15 is 0 Å². The van der Waals surface area contributed by atoms with Crippen LogP contribution in [-0.2, 0) is 10.0 Å². The van der Waals surface area contributed by atoms with Gasteiger partial charge < -0.3 is 15.5 Å². The van der Waals surface area contributed by atoms with E-state index in [4.69, 9.17) is 22.1 Å². The molecule has 0 aliphatic rings. The molecule has 13 heteroatoms. The number of aromatic amines is 1. The van der Waals surface area contributed by atoms with E-state index in [1.807, 2.05) is 0 Å². The van der Waals surface area contributed by atoms with Crippen LogP contribution >= 0.6 is 11.6 Å². The van der Waals surface area contributed by atoms with Crippen molar-refractivity contribution >= 4 is 49.8 Å². The predicted octanol–water partition coefficient (Wildman–Crippen LogP) is 4.83. The number of ether oxygens (including phenoxy) is 1. The topological polar surface area (TPSA) is 145 Å². The molecule has 2 aromatic carbocycles. The number of carbonyl (C=O) groups is 1. The van der Waals surface area contributed by atoms with Gasteiger partial charge in [0.15, 0.2) is 11.6 Å². The van der Waals surface area contributed by atoms with Gasteiger partial charge in [-0.1, -0.05) is 23.7 Å². The standard InChI is InChI=1S/C25H20ClFN6O4S/c1-13-7-23(37-22-6-4-3-5-17(22)27)29-12-21(13)33-25(28)15(11-30-33)24(34)20-9-14-8-16(26)19(10-18(14)31-20)32-38(2,35)36/h3-12,31-32H,28H2,1-2H3. The Morgan fingerprint density at radius 1 is 1.18 bits per heavy atom. The molecule has 0 atom stereocenters. The highest BCUT2D eigenvalue weighted by Crippen LogP contribution is 2.31.